The molecule has 0 aliphatic carbocycles. The fourth-order valence-corrected chi connectivity index (χ4v) is 0.525. The van der Waals surface area contributed by atoms with Crippen LogP contribution in [0.1, 0.15) is 6.42 Å². The van der Waals surface area contributed by atoms with E-state index in [0.717, 1.165) is 0 Å². The molecule has 0 rings (SSSR count). The van der Waals surface area contributed by atoms with Gasteiger partial charge in [0.05, 0.1) is 6.42 Å². The van der Waals surface area contributed by atoms with Crippen molar-refractivity contribution in [3.8, 4) is 12.5 Å². The van der Waals surface area contributed by atoms with Crippen molar-refractivity contribution in [1.82, 2.24) is 5.32 Å². The molecule has 0 spiro atoms. The molecule has 2 amide bonds. The quantitative estimate of drug-likeness (QED) is 0.320. The lowest BCUT2D eigenvalue weighted by Gasteiger charge is -2.08. The van der Waals surface area contributed by atoms with Gasteiger partial charge in [0.1, 0.15) is 6.04 Å². The van der Waals surface area contributed by atoms with Crippen LogP contribution in [0, 0.1) is 12.5 Å². The van der Waals surface area contributed by atoms with Crippen LogP contribution in [0.4, 0.5) is 0 Å². The van der Waals surface area contributed by atoms with E-state index in [2.05, 4.69) is 5.32 Å². The molecule has 1 unspecified atom stereocenters. The maximum absolute atomic E-state index is 10.5. The van der Waals surface area contributed by atoms with E-state index in [4.69, 9.17) is 17.9 Å². The highest BCUT2D eigenvalue weighted by atomic mass is 16.2. The monoisotopic (exact) mass is 155 g/mol. The van der Waals surface area contributed by atoms with Crippen molar-refractivity contribution >= 4 is 11.8 Å². The van der Waals surface area contributed by atoms with Gasteiger partial charge in [-0.1, -0.05) is 6.42 Å². The summed E-state index contributed by atoms with van der Waals surface area (Å²) in [6, 6.07) is 1.13. The summed E-state index contributed by atoms with van der Waals surface area (Å²) in [7, 11) is 0. The summed E-state index contributed by atoms with van der Waals surface area (Å²) >= 11 is 0. The van der Waals surface area contributed by atoms with Gasteiger partial charge in [-0.25, -0.2) is 0 Å². The molecule has 5 nitrogen and oxygen atoms in total. The van der Waals surface area contributed by atoms with Crippen molar-refractivity contribution < 1.29 is 9.59 Å². The number of amides is 2. The number of hydrogen-bond donors (Lipinski definition) is 3. The molecule has 0 fully saturated rings. The molecule has 0 aromatic heterocycles. The maximum atomic E-state index is 10.5. The van der Waals surface area contributed by atoms with Gasteiger partial charge in [0, 0.05) is 6.04 Å². The molecule has 1 atom stereocenters. The smallest absolute Gasteiger partial charge is 0.241 e. The molecule has 0 saturated carbocycles. The second-order valence-electron chi connectivity index (χ2n) is 1.91. The molecule has 0 saturated heterocycles. The lowest BCUT2D eigenvalue weighted by molar-refractivity contribution is -0.124. The normalized spacial score (nSPS) is 11.2. The van der Waals surface area contributed by atoms with Gasteiger partial charge in [-0.2, -0.15) is 0 Å². The summed E-state index contributed by atoms with van der Waals surface area (Å²) in [6.07, 6.45) is 4.64. The Kier molecular flexibility index (Phi) is 3.52. The Morgan fingerprint density at radius 2 is 2.09 bits per heavy atom. The fraction of sp³-hybridized carbons (Fsp3) is 0.333. The Labute approximate surface area is 64.1 Å². The van der Waals surface area contributed by atoms with Crippen LogP contribution >= 0.6 is 0 Å². The van der Waals surface area contributed by atoms with E-state index in [1.165, 1.54) is 0 Å². The fourth-order valence-electron chi connectivity index (χ4n) is 0.525. The van der Waals surface area contributed by atoms with Gasteiger partial charge in [-0.3, -0.25) is 9.59 Å². The van der Waals surface area contributed by atoms with Crippen molar-refractivity contribution in [2.24, 2.45) is 11.5 Å². The molecule has 5 N–H and O–H groups in total. The predicted octanol–water partition coefficient (Wildman–Crippen LogP) is -2.10. The van der Waals surface area contributed by atoms with E-state index in [9.17, 15) is 9.59 Å². The van der Waals surface area contributed by atoms with Crippen molar-refractivity contribution in [3.05, 3.63) is 0 Å². The zero-order valence-electron chi connectivity index (χ0n) is 5.83. The van der Waals surface area contributed by atoms with Gasteiger partial charge in [-0.15, -0.1) is 0 Å². The molecule has 0 aromatic rings. The topological polar surface area (TPSA) is 98.2 Å². The van der Waals surface area contributed by atoms with E-state index >= 15 is 0 Å². The Morgan fingerprint density at radius 3 is 2.36 bits per heavy atom. The third kappa shape index (κ3) is 3.81. The number of carbonyl (C=O) groups is 2. The SMILES string of the molecule is C#CNC(CC(N)=O)C(N)=O. The van der Waals surface area contributed by atoms with Crippen LogP contribution in [0.25, 0.3) is 0 Å². The van der Waals surface area contributed by atoms with Crippen LogP contribution in [0.2, 0.25) is 0 Å². The van der Waals surface area contributed by atoms with Crippen molar-refractivity contribution in [1.29, 1.82) is 0 Å². The molecular formula is C6H9N3O2. The molecule has 0 radical (unpaired) electrons. The van der Waals surface area contributed by atoms with Crippen LogP contribution in [-0.4, -0.2) is 17.9 Å². The largest absolute Gasteiger partial charge is 0.370 e. The summed E-state index contributed by atoms with van der Waals surface area (Å²) in [5.41, 5.74) is 9.67. The summed E-state index contributed by atoms with van der Waals surface area (Å²) in [4.78, 5) is 20.8. The Balaban J connectivity index is 4.02. The van der Waals surface area contributed by atoms with Crippen LogP contribution in [0.3, 0.4) is 0 Å². The second-order valence-corrected chi connectivity index (χ2v) is 1.91. The Morgan fingerprint density at radius 1 is 1.55 bits per heavy atom. The first-order valence-electron chi connectivity index (χ1n) is 2.86. The summed E-state index contributed by atoms with van der Waals surface area (Å²) in [6.45, 7) is 0. The molecule has 5 heteroatoms. The third-order valence-electron chi connectivity index (χ3n) is 1.01. The van der Waals surface area contributed by atoms with Gasteiger partial charge >= 0.3 is 0 Å². The number of hydrogen-bond acceptors (Lipinski definition) is 3. The van der Waals surface area contributed by atoms with E-state index in [-0.39, 0.29) is 6.42 Å². The van der Waals surface area contributed by atoms with Crippen molar-refractivity contribution in [2.75, 3.05) is 0 Å². The first kappa shape index (κ1) is 9.30. The van der Waals surface area contributed by atoms with E-state index < -0.39 is 17.9 Å². The van der Waals surface area contributed by atoms with Crippen LogP contribution in [0.15, 0.2) is 0 Å². The molecule has 60 valence electrons. The predicted molar refractivity (Wildman–Crippen MR) is 38.8 cm³/mol. The molecular weight excluding hydrogens is 146 g/mol. The zero-order valence-corrected chi connectivity index (χ0v) is 5.83. The number of primary amides is 2. The standard InChI is InChI=1S/C6H9N3O2/c1-2-9-4(6(8)11)3-5(7)10/h1,4,9H,3H2,(H2,7,10)(H2,8,11). The Bertz CT molecular complexity index is 206. The highest BCUT2D eigenvalue weighted by Gasteiger charge is 2.15. The Hall–Kier alpha value is -1.70. The highest BCUT2D eigenvalue weighted by Crippen LogP contribution is 1.87. The van der Waals surface area contributed by atoms with Crippen molar-refractivity contribution in [3.63, 3.8) is 0 Å². The number of rotatable bonds is 4. The molecule has 0 bridgehead atoms. The zero-order chi connectivity index (χ0) is 8.85. The average molecular weight is 155 g/mol. The molecule has 0 heterocycles. The summed E-state index contributed by atoms with van der Waals surface area (Å²) in [5.74, 6) is -1.32. The number of terminal acetylenes is 1. The number of carbonyl (C=O) groups excluding carboxylic acids is 2. The van der Waals surface area contributed by atoms with E-state index in [1.807, 2.05) is 6.04 Å². The van der Waals surface area contributed by atoms with Gasteiger partial charge in [-0.05, 0) is 0 Å². The summed E-state index contributed by atoms with van der Waals surface area (Å²) in [5, 5.41) is 2.27. The minimum atomic E-state index is -0.863. The minimum Gasteiger partial charge on any atom is -0.370 e. The van der Waals surface area contributed by atoms with Crippen LogP contribution in [-0.2, 0) is 9.59 Å². The maximum Gasteiger partial charge on any atom is 0.241 e. The molecule has 0 aliphatic rings. The average Bonchev–Trinajstić information content (AvgIpc) is 1.86. The van der Waals surface area contributed by atoms with Gasteiger partial charge in [0.15, 0.2) is 0 Å². The first-order valence-corrected chi connectivity index (χ1v) is 2.86. The second kappa shape index (κ2) is 4.17. The summed E-state index contributed by atoms with van der Waals surface area (Å²) < 4.78 is 0. The minimum absolute atomic E-state index is 0.181. The molecule has 0 aliphatic heterocycles. The van der Waals surface area contributed by atoms with Crippen LogP contribution < -0.4 is 16.8 Å². The number of nitrogens with one attached hydrogen (secondary N) is 1. The van der Waals surface area contributed by atoms with Crippen LogP contribution in [0.5, 0.6) is 0 Å². The number of nitrogens with two attached hydrogens (primary N) is 2. The van der Waals surface area contributed by atoms with E-state index in [1.54, 1.807) is 0 Å². The van der Waals surface area contributed by atoms with Gasteiger partial charge < -0.3 is 16.8 Å². The third-order valence-corrected chi connectivity index (χ3v) is 1.01. The first-order chi connectivity index (χ1) is 5.07. The molecule has 0 aromatic carbocycles. The molecule has 11 heavy (non-hydrogen) atoms. The van der Waals surface area contributed by atoms with Crippen molar-refractivity contribution in [2.45, 2.75) is 12.5 Å². The lowest BCUT2D eigenvalue weighted by Crippen LogP contribution is -2.41. The lowest BCUT2D eigenvalue weighted by atomic mass is 10.2. The van der Waals surface area contributed by atoms with Gasteiger partial charge in [0.2, 0.25) is 11.8 Å². The highest BCUT2D eigenvalue weighted by molar-refractivity contribution is 5.86. The van der Waals surface area contributed by atoms with E-state index in [0.29, 0.717) is 0 Å². The van der Waals surface area contributed by atoms with Gasteiger partial charge in [0.25, 0.3) is 0 Å².